The first-order chi connectivity index (χ1) is 9.35. The third-order valence-corrected chi connectivity index (χ3v) is 3.33. The molecule has 1 rings (SSSR count). The van der Waals surface area contributed by atoms with E-state index in [4.69, 9.17) is 10.5 Å². The number of amides is 1. The molecule has 4 nitrogen and oxygen atoms in total. The number of nitrogens with one attached hydrogen (secondary N) is 1. The minimum Gasteiger partial charge on any atom is -0.481 e. The molecule has 4 heteroatoms. The van der Waals surface area contributed by atoms with Crippen LogP contribution in [0.2, 0.25) is 0 Å². The van der Waals surface area contributed by atoms with Gasteiger partial charge in [-0.15, -0.1) is 0 Å². The molecule has 0 aliphatic carbocycles. The van der Waals surface area contributed by atoms with Gasteiger partial charge in [-0.25, -0.2) is 0 Å². The number of rotatable bonds is 6. The normalized spacial score (nSPS) is 15.3. The summed E-state index contributed by atoms with van der Waals surface area (Å²) < 4.78 is 5.78. The van der Waals surface area contributed by atoms with Crippen molar-refractivity contribution in [3.8, 4) is 5.75 Å². The van der Waals surface area contributed by atoms with Gasteiger partial charge in [0.2, 0.25) is 0 Å². The molecule has 0 bridgehead atoms. The molecule has 0 aromatic heterocycles. The second-order valence-corrected chi connectivity index (χ2v) is 5.41. The summed E-state index contributed by atoms with van der Waals surface area (Å²) in [6, 6.07) is 5.86. The fourth-order valence-corrected chi connectivity index (χ4v) is 1.84. The Bertz CT molecular complexity index is 458. The Morgan fingerprint density at radius 1 is 1.35 bits per heavy atom. The zero-order chi connectivity index (χ0) is 15.3. The molecule has 1 aromatic rings. The summed E-state index contributed by atoms with van der Waals surface area (Å²) in [5, 5.41) is 2.91. The number of hydrogen-bond donors (Lipinski definition) is 2. The lowest BCUT2D eigenvalue weighted by Crippen LogP contribution is -2.41. The molecular formula is C16H26N2O2. The van der Waals surface area contributed by atoms with E-state index in [1.807, 2.05) is 45.9 Å². The van der Waals surface area contributed by atoms with Crippen LogP contribution in [0.15, 0.2) is 18.2 Å². The average molecular weight is 278 g/mol. The molecule has 0 aliphatic heterocycles. The lowest BCUT2D eigenvalue weighted by molar-refractivity contribution is -0.127. The second kappa shape index (κ2) is 7.29. The van der Waals surface area contributed by atoms with Crippen molar-refractivity contribution < 1.29 is 9.53 Å². The van der Waals surface area contributed by atoms with Crippen molar-refractivity contribution >= 4 is 5.91 Å². The van der Waals surface area contributed by atoms with Gasteiger partial charge in [-0.1, -0.05) is 24.6 Å². The van der Waals surface area contributed by atoms with Crippen molar-refractivity contribution in [1.29, 1.82) is 0 Å². The van der Waals surface area contributed by atoms with Crippen LogP contribution < -0.4 is 15.8 Å². The van der Waals surface area contributed by atoms with Gasteiger partial charge < -0.3 is 15.8 Å². The molecule has 0 saturated heterocycles. The monoisotopic (exact) mass is 278 g/mol. The number of carbonyl (C=O) groups is 1. The molecule has 3 N–H and O–H groups in total. The molecule has 0 saturated carbocycles. The highest BCUT2D eigenvalue weighted by Crippen LogP contribution is 2.26. The largest absolute Gasteiger partial charge is 0.481 e. The minimum absolute atomic E-state index is 0.101. The predicted molar refractivity (Wildman–Crippen MR) is 81.8 cm³/mol. The molecule has 0 aliphatic rings. The quantitative estimate of drug-likeness (QED) is 0.841. The number of carbonyl (C=O) groups excluding carboxylic acids is 1. The lowest BCUT2D eigenvalue weighted by atomic mass is 10.1. The summed E-state index contributed by atoms with van der Waals surface area (Å²) in [7, 11) is 0. The van der Waals surface area contributed by atoms with Crippen LogP contribution >= 0.6 is 0 Å². The molecule has 3 atom stereocenters. The number of ether oxygens (including phenoxy) is 1. The van der Waals surface area contributed by atoms with Crippen LogP contribution in [0.5, 0.6) is 5.75 Å². The molecule has 0 radical (unpaired) electrons. The highest BCUT2D eigenvalue weighted by Gasteiger charge is 2.18. The van der Waals surface area contributed by atoms with Gasteiger partial charge in [0.05, 0.1) is 0 Å². The molecular weight excluding hydrogens is 252 g/mol. The predicted octanol–water partition coefficient (Wildman–Crippen LogP) is 2.70. The van der Waals surface area contributed by atoms with Gasteiger partial charge in [0.25, 0.3) is 5.91 Å². The average Bonchev–Trinajstić information content (AvgIpc) is 2.40. The number of nitrogens with two attached hydrogens (primary N) is 1. The first kappa shape index (κ1) is 16.5. The van der Waals surface area contributed by atoms with Crippen molar-refractivity contribution in [3.05, 3.63) is 29.3 Å². The Balaban J connectivity index is 2.80. The molecule has 0 fully saturated rings. The first-order valence-corrected chi connectivity index (χ1v) is 7.18. The zero-order valence-corrected chi connectivity index (χ0v) is 13.1. The van der Waals surface area contributed by atoms with E-state index in [-0.39, 0.29) is 18.0 Å². The van der Waals surface area contributed by atoms with Crippen LogP contribution in [0.1, 0.15) is 51.3 Å². The maximum atomic E-state index is 12.0. The van der Waals surface area contributed by atoms with Gasteiger partial charge in [-0.2, -0.15) is 0 Å². The third kappa shape index (κ3) is 4.53. The summed E-state index contributed by atoms with van der Waals surface area (Å²) in [6.45, 7) is 9.68. The van der Waals surface area contributed by atoms with Gasteiger partial charge in [0.15, 0.2) is 6.10 Å². The van der Waals surface area contributed by atoms with E-state index in [9.17, 15) is 4.79 Å². The van der Waals surface area contributed by atoms with E-state index in [1.54, 1.807) is 6.92 Å². The summed E-state index contributed by atoms with van der Waals surface area (Å²) in [5.74, 6) is 0.577. The van der Waals surface area contributed by atoms with Crippen molar-refractivity contribution in [2.75, 3.05) is 0 Å². The molecule has 2 unspecified atom stereocenters. The smallest absolute Gasteiger partial charge is 0.260 e. The van der Waals surface area contributed by atoms with Gasteiger partial charge in [0.1, 0.15) is 5.75 Å². The van der Waals surface area contributed by atoms with Crippen LogP contribution in [0.3, 0.4) is 0 Å². The Labute approximate surface area is 121 Å². The van der Waals surface area contributed by atoms with Crippen molar-refractivity contribution in [1.82, 2.24) is 5.32 Å². The van der Waals surface area contributed by atoms with E-state index in [0.717, 1.165) is 17.5 Å². The minimum atomic E-state index is -0.538. The van der Waals surface area contributed by atoms with Crippen LogP contribution in [0, 0.1) is 6.92 Å². The summed E-state index contributed by atoms with van der Waals surface area (Å²) in [5.41, 5.74) is 8.01. The topological polar surface area (TPSA) is 64.3 Å². The Morgan fingerprint density at radius 2 is 2.00 bits per heavy atom. The van der Waals surface area contributed by atoms with E-state index in [2.05, 4.69) is 5.32 Å². The van der Waals surface area contributed by atoms with E-state index in [0.29, 0.717) is 5.75 Å². The van der Waals surface area contributed by atoms with E-state index in [1.165, 1.54) is 0 Å². The molecule has 1 aromatic carbocycles. The van der Waals surface area contributed by atoms with Crippen LogP contribution in [-0.4, -0.2) is 18.1 Å². The molecule has 1 amide bonds. The summed E-state index contributed by atoms with van der Waals surface area (Å²) in [4.78, 5) is 12.0. The molecule has 0 spiro atoms. The highest BCUT2D eigenvalue weighted by atomic mass is 16.5. The van der Waals surface area contributed by atoms with Crippen LogP contribution in [0.4, 0.5) is 0 Å². The van der Waals surface area contributed by atoms with Crippen LogP contribution in [-0.2, 0) is 4.79 Å². The third-order valence-electron chi connectivity index (χ3n) is 3.33. The Kier molecular flexibility index (Phi) is 6.02. The Hall–Kier alpha value is -1.55. The summed E-state index contributed by atoms with van der Waals surface area (Å²) >= 11 is 0. The maximum Gasteiger partial charge on any atom is 0.260 e. The van der Waals surface area contributed by atoms with E-state index >= 15 is 0 Å². The Morgan fingerprint density at radius 3 is 2.55 bits per heavy atom. The second-order valence-electron chi connectivity index (χ2n) is 5.41. The molecule has 0 heterocycles. The SMILES string of the molecule is CCC(C)NC(=O)C(C)Oc1ccc(C)cc1[C@@H](C)N. The van der Waals surface area contributed by atoms with Crippen molar-refractivity contribution in [3.63, 3.8) is 0 Å². The summed E-state index contributed by atoms with van der Waals surface area (Å²) in [6.07, 6.45) is 0.359. The van der Waals surface area contributed by atoms with Gasteiger partial charge >= 0.3 is 0 Å². The van der Waals surface area contributed by atoms with E-state index < -0.39 is 6.10 Å². The van der Waals surface area contributed by atoms with Gasteiger partial charge in [-0.3, -0.25) is 4.79 Å². The fraction of sp³-hybridized carbons (Fsp3) is 0.562. The van der Waals surface area contributed by atoms with Crippen molar-refractivity contribution in [2.45, 2.75) is 59.2 Å². The zero-order valence-electron chi connectivity index (χ0n) is 13.1. The van der Waals surface area contributed by atoms with Gasteiger partial charge in [0, 0.05) is 17.6 Å². The fourth-order valence-electron chi connectivity index (χ4n) is 1.84. The molecule has 112 valence electrons. The number of hydrogen-bond acceptors (Lipinski definition) is 3. The van der Waals surface area contributed by atoms with Crippen molar-refractivity contribution in [2.24, 2.45) is 5.73 Å². The number of benzene rings is 1. The highest BCUT2D eigenvalue weighted by molar-refractivity contribution is 5.81. The van der Waals surface area contributed by atoms with Crippen LogP contribution in [0.25, 0.3) is 0 Å². The standard InChI is InChI=1S/C16H26N2O2/c1-6-11(3)18-16(19)13(5)20-15-8-7-10(2)9-14(15)12(4)17/h7-9,11-13H,6,17H2,1-5H3,(H,18,19)/t11?,12-,13?/m1/s1. The van der Waals surface area contributed by atoms with Gasteiger partial charge in [-0.05, 0) is 40.2 Å². The first-order valence-electron chi connectivity index (χ1n) is 7.18. The lowest BCUT2D eigenvalue weighted by Gasteiger charge is -2.20. The number of aryl methyl sites for hydroxylation is 1. The maximum absolute atomic E-state index is 12.0. The molecule has 20 heavy (non-hydrogen) atoms.